The lowest BCUT2D eigenvalue weighted by atomic mass is 9.97. The van der Waals surface area contributed by atoms with Gasteiger partial charge >= 0.3 is 0 Å². The summed E-state index contributed by atoms with van der Waals surface area (Å²) in [5, 5.41) is 3.38. The summed E-state index contributed by atoms with van der Waals surface area (Å²) in [5.41, 5.74) is 0.996. The fourth-order valence-electron chi connectivity index (χ4n) is 3.12. The van der Waals surface area contributed by atoms with E-state index in [1.807, 2.05) is 6.07 Å². The fraction of sp³-hybridized carbons (Fsp3) is 0.647. The molecule has 1 saturated heterocycles. The van der Waals surface area contributed by atoms with Crippen molar-refractivity contribution in [1.29, 1.82) is 0 Å². The van der Waals surface area contributed by atoms with Crippen LogP contribution in [-0.4, -0.2) is 38.2 Å². The van der Waals surface area contributed by atoms with E-state index in [2.05, 4.69) is 17.1 Å². The number of nitrogens with one attached hydrogen (secondary N) is 1. The maximum Gasteiger partial charge on any atom is 0.165 e. The predicted octanol–water partition coefficient (Wildman–Crippen LogP) is 4.20. The molecule has 6 heteroatoms. The molecule has 0 amide bonds. The van der Waals surface area contributed by atoms with Crippen LogP contribution in [0.4, 0.5) is 4.39 Å². The van der Waals surface area contributed by atoms with Crippen LogP contribution in [0.2, 0.25) is 0 Å². The molecule has 1 aromatic carbocycles. The van der Waals surface area contributed by atoms with Gasteiger partial charge in [0.15, 0.2) is 11.6 Å². The molecule has 0 bridgehead atoms. The van der Waals surface area contributed by atoms with Gasteiger partial charge in [-0.15, -0.1) is 24.8 Å². The van der Waals surface area contributed by atoms with Crippen molar-refractivity contribution in [2.24, 2.45) is 0 Å². The molecule has 1 atom stereocenters. The average Bonchev–Trinajstić information content (AvgIpc) is 2.52. The van der Waals surface area contributed by atoms with Gasteiger partial charge in [-0.05, 0) is 12.5 Å². The van der Waals surface area contributed by atoms with Gasteiger partial charge in [0.05, 0.1) is 7.11 Å². The first-order valence-electron chi connectivity index (χ1n) is 8.05. The van der Waals surface area contributed by atoms with Gasteiger partial charge in [0, 0.05) is 37.8 Å². The van der Waals surface area contributed by atoms with Gasteiger partial charge in [0.25, 0.3) is 0 Å². The first-order valence-corrected chi connectivity index (χ1v) is 8.05. The summed E-state index contributed by atoms with van der Waals surface area (Å²) in [6.45, 7) is 6.24. The Morgan fingerprint density at radius 3 is 2.52 bits per heavy atom. The van der Waals surface area contributed by atoms with Crippen LogP contribution in [0.25, 0.3) is 0 Å². The topological polar surface area (TPSA) is 24.5 Å². The monoisotopic (exact) mass is 366 g/mol. The Bertz CT molecular complexity index is 443. The van der Waals surface area contributed by atoms with Crippen molar-refractivity contribution in [3.63, 3.8) is 0 Å². The van der Waals surface area contributed by atoms with E-state index in [0.717, 1.165) is 38.2 Å². The molecule has 1 heterocycles. The predicted molar refractivity (Wildman–Crippen MR) is 98.8 cm³/mol. The van der Waals surface area contributed by atoms with Gasteiger partial charge in [-0.1, -0.05) is 38.3 Å². The van der Waals surface area contributed by atoms with Gasteiger partial charge in [0.1, 0.15) is 0 Å². The van der Waals surface area contributed by atoms with E-state index in [4.69, 9.17) is 4.74 Å². The van der Waals surface area contributed by atoms with Gasteiger partial charge in [-0.2, -0.15) is 0 Å². The average molecular weight is 367 g/mol. The third-order valence-electron chi connectivity index (χ3n) is 4.23. The Morgan fingerprint density at radius 2 is 1.91 bits per heavy atom. The van der Waals surface area contributed by atoms with Crippen LogP contribution in [-0.2, 0) is 0 Å². The second-order valence-corrected chi connectivity index (χ2v) is 5.66. The molecule has 2 rings (SSSR count). The molecule has 0 spiro atoms. The summed E-state index contributed by atoms with van der Waals surface area (Å²) in [7, 11) is 1.56. The van der Waals surface area contributed by atoms with Crippen LogP contribution in [0.1, 0.15) is 44.2 Å². The Kier molecular flexibility index (Phi) is 11.6. The Hall–Kier alpha value is -0.550. The molecular weight excluding hydrogens is 338 g/mol. The van der Waals surface area contributed by atoms with Gasteiger partial charge in [-0.3, -0.25) is 4.90 Å². The third-order valence-corrected chi connectivity index (χ3v) is 4.23. The summed E-state index contributed by atoms with van der Waals surface area (Å²) >= 11 is 0. The van der Waals surface area contributed by atoms with E-state index in [0.29, 0.717) is 5.75 Å². The molecule has 1 aliphatic rings. The second-order valence-electron chi connectivity index (χ2n) is 5.66. The molecule has 0 aliphatic carbocycles. The Morgan fingerprint density at radius 1 is 1.22 bits per heavy atom. The molecule has 1 aliphatic heterocycles. The number of rotatable bonds is 7. The minimum absolute atomic E-state index is 0. The summed E-state index contributed by atoms with van der Waals surface area (Å²) in [5.74, 6) is 0.156. The number of piperazine rings is 1. The largest absolute Gasteiger partial charge is 0.493 e. The van der Waals surface area contributed by atoms with Crippen LogP contribution in [0.15, 0.2) is 18.2 Å². The first-order chi connectivity index (χ1) is 10.3. The normalized spacial score (nSPS) is 16.1. The highest BCUT2D eigenvalue weighted by Gasteiger charge is 2.25. The smallest absolute Gasteiger partial charge is 0.165 e. The maximum atomic E-state index is 14.0. The number of nitrogens with zero attached hydrogens (tertiary/aromatic N) is 1. The first kappa shape index (κ1) is 22.4. The van der Waals surface area contributed by atoms with Gasteiger partial charge in [0.2, 0.25) is 0 Å². The number of para-hydroxylation sites is 1. The van der Waals surface area contributed by atoms with E-state index in [1.165, 1.54) is 25.3 Å². The van der Waals surface area contributed by atoms with Crippen molar-refractivity contribution in [2.45, 2.75) is 38.6 Å². The molecule has 1 fully saturated rings. The molecule has 0 radical (unpaired) electrons. The standard InChI is InChI=1S/C17H27FN2O.2ClH/c1-3-4-5-9-16(20-12-10-19-11-13-20)14-7-6-8-15(18)17(14)21-2;;/h6-8,16,19H,3-5,9-13H2,1-2H3;2*1H/t16-;;/m0../s1. The summed E-state index contributed by atoms with van der Waals surface area (Å²) < 4.78 is 19.3. The van der Waals surface area contributed by atoms with Crippen LogP contribution >= 0.6 is 24.8 Å². The number of benzene rings is 1. The van der Waals surface area contributed by atoms with Crippen molar-refractivity contribution in [3.05, 3.63) is 29.6 Å². The number of ether oxygens (including phenoxy) is 1. The van der Waals surface area contributed by atoms with E-state index in [9.17, 15) is 4.39 Å². The molecule has 3 nitrogen and oxygen atoms in total. The minimum atomic E-state index is -0.259. The Labute approximate surface area is 151 Å². The van der Waals surface area contributed by atoms with E-state index in [1.54, 1.807) is 13.2 Å². The number of unbranched alkanes of at least 4 members (excludes halogenated alkanes) is 2. The highest BCUT2D eigenvalue weighted by atomic mass is 35.5. The molecule has 1 N–H and O–H groups in total. The highest BCUT2D eigenvalue weighted by molar-refractivity contribution is 5.85. The summed E-state index contributed by atoms with van der Waals surface area (Å²) in [6, 6.07) is 5.54. The molecule has 1 aromatic rings. The van der Waals surface area contributed by atoms with Gasteiger partial charge < -0.3 is 10.1 Å². The molecule has 0 saturated carbocycles. The number of hydrogen-bond donors (Lipinski definition) is 1. The van der Waals surface area contributed by atoms with Crippen molar-refractivity contribution in [2.75, 3.05) is 33.3 Å². The van der Waals surface area contributed by atoms with Gasteiger partial charge in [-0.25, -0.2) is 4.39 Å². The second kappa shape index (κ2) is 11.9. The zero-order valence-electron chi connectivity index (χ0n) is 14.0. The lowest BCUT2D eigenvalue weighted by Crippen LogP contribution is -2.45. The number of methoxy groups -OCH3 is 1. The minimum Gasteiger partial charge on any atom is -0.493 e. The zero-order chi connectivity index (χ0) is 15.1. The Balaban J connectivity index is 0.00000242. The molecular formula is C17H29Cl2FN2O. The number of hydrogen-bond acceptors (Lipinski definition) is 3. The van der Waals surface area contributed by atoms with Crippen molar-refractivity contribution >= 4 is 24.8 Å². The molecule has 134 valence electrons. The van der Waals surface area contributed by atoms with Crippen molar-refractivity contribution in [1.82, 2.24) is 10.2 Å². The van der Waals surface area contributed by atoms with Crippen LogP contribution < -0.4 is 10.1 Å². The summed E-state index contributed by atoms with van der Waals surface area (Å²) in [6.07, 6.45) is 4.66. The lowest BCUT2D eigenvalue weighted by molar-refractivity contribution is 0.159. The van der Waals surface area contributed by atoms with Crippen molar-refractivity contribution in [3.8, 4) is 5.75 Å². The van der Waals surface area contributed by atoms with E-state index < -0.39 is 0 Å². The van der Waals surface area contributed by atoms with Crippen LogP contribution in [0.3, 0.4) is 0 Å². The van der Waals surface area contributed by atoms with E-state index in [-0.39, 0.29) is 36.7 Å². The van der Waals surface area contributed by atoms with Crippen LogP contribution in [0, 0.1) is 5.82 Å². The SMILES string of the molecule is CCCCC[C@@H](c1cccc(F)c1OC)N1CCNCC1.Cl.Cl. The van der Waals surface area contributed by atoms with Crippen molar-refractivity contribution < 1.29 is 9.13 Å². The van der Waals surface area contributed by atoms with E-state index >= 15 is 0 Å². The quantitative estimate of drug-likeness (QED) is 0.731. The van der Waals surface area contributed by atoms with Crippen LogP contribution in [0.5, 0.6) is 5.75 Å². The molecule has 0 unspecified atom stereocenters. The lowest BCUT2D eigenvalue weighted by Gasteiger charge is -2.36. The fourth-order valence-corrected chi connectivity index (χ4v) is 3.12. The molecule has 0 aromatic heterocycles. The highest BCUT2D eigenvalue weighted by Crippen LogP contribution is 2.35. The molecule has 23 heavy (non-hydrogen) atoms. The zero-order valence-corrected chi connectivity index (χ0v) is 15.6. The third kappa shape index (κ3) is 6.11. The summed E-state index contributed by atoms with van der Waals surface area (Å²) in [4.78, 5) is 2.46. The maximum absolute atomic E-state index is 14.0. The number of halogens is 3.